The quantitative estimate of drug-likeness (QED) is 0.600. The lowest BCUT2D eigenvalue weighted by atomic mass is 9.98. The normalized spacial score (nSPS) is 18.6. The van der Waals surface area contributed by atoms with Crippen LogP contribution in [0.4, 0.5) is 11.4 Å². The molecule has 2 aliphatic rings. The van der Waals surface area contributed by atoms with E-state index in [-0.39, 0.29) is 23.3 Å². The summed E-state index contributed by atoms with van der Waals surface area (Å²) in [7, 11) is -3.86. The highest BCUT2D eigenvalue weighted by Gasteiger charge is 2.36. The molecule has 1 N–H and O–H groups in total. The Kier molecular flexibility index (Phi) is 7.17. The number of amides is 2. The zero-order valence-electron chi connectivity index (χ0n) is 19.7. The van der Waals surface area contributed by atoms with Crippen LogP contribution in [0.25, 0.3) is 0 Å². The van der Waals surface area contributed by atoms with Gasteiger partial charge in [-0.25, -0.2) is 8.42 Å². The van der Waals surface area contributed by atoms with Crippen molar-refractivity contribution >= 4 is 49.1 Å². The molecule has 4 rings (SSSR count). The SMILES string of the molecule is CCC(=O)N1CCc2cc(Br)c(S(=O)(=O)N3CCC[C@@H](C(=O)Nc4cccc(C)c4C)C3)cc21. The molecule has 0 saturated carbocycles. The molecule has 0 unspecified atom stereocenters. The average Bonchev–Trinajstić information content (AvgIpc) is 3.23. The molecule has 0 aliphatic carbocycles. The van der Waals surface area contributed by atoms with Gasteiger partial charge in [0.1, 0.15) is 0 Å². The number of fused-ring (bicyclic) bond motifs is 1. The first kappa shape index (κ1) is 24.9. The number of hydrogen-bond donors (Lipinski definition) is 1. The van der Waals surface area contributed by atoms with E-state index in [1.807, 2.05) is 32.0 Å². The number of aryl methyl sites for hydroxylation is 1. The summed E-state index contributed by atoms with van der Waals surface area (Å²) >= 11 is 3.44. The molecule has 2 aromatic carbocycles. The summed E-state index contributed by atoms with van der Waals surface area (Å²) in [5.74, 6) is -0.623. The van der Waals surface area contributed by atoms with Crippen LogP contribution in [0.5, 0.6) is 0 Å². The van der Waals surface area contributed by atoms with Crippen molar-refractivity contribution in [2.45, 2.75) is 51.3 Å². The molecule has 0 radical (unpaired) electrons. The van der Waals surface area contributed by atoms with E-state index < -0.39 is 15.9 Å². The van der Waals surface area contributed by atoms with Gasteiger partial charge in [-0.1, -0.05) is 19.1 Å². The molecule has 34 heavy (non-hydrogen) atoms. The topological polar surface area (TPSA) is 86.8 Å². The predicted octanol–water partition coefficient (Wildman–Crippen LogP) is 4.40. The minimum absolute atomic E-state index is 0.0226. The van der Waals surface area contributed by atoms with Crippen LogP contribution in [0.15, 0.2) is 39.7 Å². The van der Waals surface area contributed by atoms with Crippen molar-refractivity contribution in [1.82, 2.24) is 4.31 Å². The third-order valence-electron chi connectivity index (χ3n) is 6.87. The fraction of sp³-hybridized carbons (Fsp3) is 0.440. The summed E-state index contributed by atoms with van der Waals surface area (Å²) in [5.41, 5.74) is 4.46. The summed E-state index contributed by atoms with van der Waals surface area (Å²) in [6.07, 6.45) is 2.30. The van der Waals surface area contributed by atoms with Crippen molar-refractivity contribution in [3.63, 3.8) is 0 Å². The number of sulfonamides is 1. The second-order valence-corrected chi connectivity index (χ2v) is 11.8. The maximum atomic E-state index is 13.6. The number of anilines is 2. The van der Waals surface area contributed by atoms with Crippen molar-refractivity contribution in [3.05, 3.63) is 51.5 Å². The van der Waals surface area contributed by atoms with Crippen LogP contribution in [0.3, 0.4) is 0 Å². The van der Waals surface area contributed by atoms with Crippen LogP contribution in [0.2, 0.25) is 0 Å². The Bertz CT molecular complexity index is 1240. The van der Waals surface area contributed by atoms with Gasteiger partial charge in [0.05, 0.1) is 10.8 Å². The molecule has 1 fully saturated rings. The third kappa shape index (κ3) is 4.65. The van der Waals surface area contributed by atoms with Gasteiger partial charge >= 0.3 is 0 Å². The van der Waals surface area contributed by atoms with Crippen LogP contribution < -0.4 is 10.2 Å². The van der Waals surface area contributed by atoms with E-state index in [0.717, 1.165) is 22.4 Å². The molecule has 0 spiro atoms. The van der Waals surface area contributed by atoms with E-state index in [9.17, 15) is 18.0 Å². The van der Waals surface area contributed by atoms with E-state index in [0.29, 0.717) is 48.9 Å². The van der Waals surface area contributed by atoms with Gasteiger partial charge in [0.15, 0.2) is 0 Å². The third-order valence-corrected chi connectivity index (χ3v) is 9.69. The Balaban J connectivity index is 1.57. The number of nitrogens with one attached hydrogen (secondary N) is 1. The Hall–Kier alpha value is -2.23. The number of halogens is 1. The van der Waals surface area contributed by atoms with Crippen molar-refractivity contribution in [2.24, 2.45) is 5.92 Å². The Morgan fingerprint density at radius 1 is 1.18 bits per heavy atom. The maximum Gasteiger partial charge on any atom is 0.244 e. The number of piperidine rings is 1. The summed E-state index contributed by atoms with van der Waals surface area (Å²) < 4.78 is 29.2. The van der Waals surface area contributed by atoms with Gasteiger partial charge in [0, 0.05) is 41.9 Å². The fourth-order valence-electron chi connectivity index (χ4n) is 4.67. The molecule has 0 aromatic heterocycles. The van der Waals surface area contributed by atoms with Crippen LogP contribution in [-0.2, 0) is 26.0 Å². The monoisotopic (exact) mass is 547 g/mol. The minimum Gasteiger partial charge on any atom is -0.326 e. The van der Waals surface area contributed by atoms with Crippen molar-refractivity contribution < 1.29 is 18.0 Å². The van der Waals surface area contributed by atoms with Gasteiger partial charge in [-0.2, -0.15) is 4.31 Å². The number of carbonyl (C=O) groups is 2. The summed E-state index contributed by atoms with van der Waals surface area (Å²) in [6.45, 7) is 6.79. The van der Waals surface area contributed by atoms with Crippen LogP contribution >= 0.6 is 15.9 Å². The van der Waals surface area contributed by atoms with Crippen LogP contribution in [0.1, 0.15) is 42.9 Å². The van der Waals surface area contributed by atoms with Crippen molar-refractivity contribution in [1.29, 1.82) is 0 Å². The standard InChI is InChI=1S/C25H30BrN3O4S/c1-4-24(30)29-12-10-18-13-20(26)23(14-22(18)29)34(32,33)28-11-6-8-19(15-28)25(31)27-21-9-5-7-16(2)17(21)3/h5,7,9,13-14,19H,4,6,8,10-12,15H2,1-3H3,(H,27,31)/t19-/m1/s1. The molecule has 182 valence electrons. The first-order valence-electron chi connectivity index (χ1n) is 11.6. The van der Waals surface area contributed by atoms with Crippen LogP contribution in [-0.4, -0.2) is 44.2 Å². The lowest BCUT2D eigenvalue weighted by Gasteiger charge is -2.32. The van der Waals surface area contributed by atoms with Gasteiger partial charge in [0.2, 0.25) is 21.8 Å². The van der Waals surface area contributed by atoms with Gasteiger partial charge < -0.3 is 10.2 Å². The predicted molar refractivity (Wildman–Crippen MR) is 137 cm³/mol. The molecule has 1 saturated heterocycles. The molecule has 2 heterocycles. The second-order valence-electron chi connectivity index (χ2n) is 9.00. The van der Waals surface area contributed by atoms with E-state index in [2.05, 4.69) is 21.2 Å². The highest BCUT2D eigenvalue weighted by atomic mass is 79.9. The average molecular weight is 549 g/mol. The first-order valence-corrected chi connectivity index (χ1v) is 13.9. The summed E-state index contributed by atoms with van der Waals surface area (Å²) in [6, 6.07) is 9.16. The second kappa shape index (κ2) is 9.79. The number of benzene rings is 2. The minimum atomic E-state index is -3.86. The van der Waals surface area contributed by atoms with Gasteiger partial charge in [-0.05, 0) is 83.9 Å². The molecule has 9 heteroatoms. The van der Waals surface area contributed by atoms with Crippen LogP contribution in [0, 0.1) is 19.8 Å². The number of nitrogens with zero attached hydrogens (tertiary/aromatic N) is 2. The fourth-order valence-corrected chi connectivity index (χ4v) is 7.26. The summed E-state index contributed by atoms with van der Waals surface area (Å²) in [4.78, 5) is 27.2. The first-order chi connectivity index (χ1) is 16.1. The zero-order chi connectivity index (χ0) is 24.6. The molecule has 7 nitrogen and oxygen atoms in total. The van der Waals surface area contributed by atoms with Gasteiger partial charge in [-0.3, -0.25) is 9.59 Å². The van der Waals surface area contributed by atoms with E-state index in [1.54, 1.807) is 24.0 Å². The maximum absolute atomic E-state index is 13.6. The molecule has 2 aromatic rings. The Labute approximate surface area is 209 Å². The lowest BCUT2D eigenvalue weighted by molar-refractivity contribution is -0.121. The zero-order valence-corrected chi connectivity index (χ0v) is 22.1. The largest absolute Gasteiger partial charge is 0.326 e. The molecule has 0 bridgehead atoms. The molecular formula is C25H30BrN3O4S. The van der Waals surface area contributed by atoms with Gasteiger partial charge in [-0.15, -0.1) is 0 Å². The highest BCUT2D eigenvalue weighted by molar-refractivity contribution is 9.10. The van der Waals surface area contributed by atoms with Gasteiger partial charge in [0.25, 0.3) is 0 Å². The molecule has 1 atom stereocenters. The number of carbonyl (C=O) groups excluding carboxylic acids is 2. The highest BCUT2D eigenvalue weighted by Crippen LogP contribution is 2.37. The lowest BCUT2D eigenvalue weighted by Crippen LogP contribution is -2.43. The number of rotatable bonds is 5. The molecule has 2 aliphatic heterocycles. The number of hydrogen-bond acceptors (Lipinski definition) is 4. The smallest absolute Gasteiger partial charge is 0.244 e. The van der Waals surface area contributed by atoms with E-state index >= 15 is 0 Å². The Morgan fingerprint density at radius 3 is 2.68 bits per heavy atom. The summed E-state index contributed by atoms with van der Waals surface area (Å²) in [5, 5.41) is 2.99. The molecular weight excluding hydrogens is 518 g/mol. The van der Waals surface area contributed by atoms with Crippen molar-refractivity contribution in [2.75, 3.05) is 29.9 Å². The van der Waals surface area contributed by atoms with E-state index in [1.165, 1.54) is 4.31 Å². The van der Waals surface area contributed by atoms with E-state index in [4.69, 9.17) is 0 Å². The Morgan fingerprint density at radius 2 is 1.94 bits per heavy atom. The van der Waals surface area contributed by atoms with Crippen molar-refractivity contribution in [3.8, 4) is 0 Å². The molecule has 2 amide bonds.